The van der Waals surface area contributed by atoms with E-state index in [9.17, 15) is 14.7 Å². The SMILES string of the molecule is CC(O)(CNC(=O)[C@H]1CCCO1)CC(=O)O. The Hall–Kier alpha value is -1.14. The molecule has 1 rings (SSSR count). The fourth-order valence-corrected chi connectivity index (χ4v) is 1.56. The average Bonchev–Trinajstić information content (AvgIpc) is 2.64. The van der Waals surface area contributed by atoms with Gasteiger partial charge in [0.25, 0.3) is 0 Å². The zero-order valence-corrected chi connectivity index (χ0v) is 9.23. The first-order chi connectivity index (χ1) is 7.41. The molecule has 1 unspecified atom stereocenters. The highest BCUT2D eigenvalue weighted by Crippen LogP contribution is 2.13. The van der Waals surface area contributed by atoms with Crippen LogP contribution in [0.1, 0.15) is 26.2 Å². The van der Waals surface area contributed by atoms with Crippen molar-refractivity contribution in [3.8, 4) is 0 Å². The third-order valence-corrected chi connectivity index (χ3v) is 2.40. The maximum absolute atomic E-state index is 11.5. The van der Waals surface area contributed by atoms with E-state index >= 15 is 0 Å². The molecule has 0 aliphatic carbocycles. The van der Waals surface area contributed by atoms with Crippen LogP contribution in [-0.4, -0.2) is 46.9 Å². The number of nitrogens with one attached hydrogen (secondary N) is 1. The lowest BCUT2D eigenvalue weighted by Gasteiger charge is -2.22. The first kappa shape index (κ1) is 12.9. The summed E-state index contributed by atoms with van der Waals surface area (Å²) in [4.78, 5) is 21.9. The predicted molar refractivity (Wildman–Crippen MR) is 54.9 cm³/mol. The van der Waals surface area contributed by atoms with Crippen molar-refractivity contribution in [1.82, 2.24) is 5.32 Å². The second-order valence-electron chi connectivity index (χ2n) is 4.29. The van der Waals surface area contributed by atoms with Crippen LogP contribution in [0.2, 0.25) is 0 Å². The molecule has 0 bridgehead atoms. The Labute approximate surface area is 93.6 Å². The van der Waals surface area contributed by atoms with Gasteiger partial charge in [-0.1, -0.05) is 0 Å². The van der Waals surface area contributed by atoms with Crippen molar-refractivity contribution in [3.05, 3.63) is 0 Å². The minimum absolute atomic E-state index is 0.0853. The zero-order chi connectivity index (χ0) is 12.2. The van der Waals surface area contributed by atoms with Gasteiger partial charge in [0.15, 0.2) is 0 Å². The molecular formula is C10H17NO5. The third kappa shape index (κ3) is 4.16. The fraction of sp³-hybridized carbons (Fsp3) is 0.800. The molecule has 1 aliphatic rings. The van der Waals surface area contributed by atoms with Crippen molar-refractivity contribution < 1.29 is 24.5 Å². The summed E-state index contributed by atoms with van der Waals surface area (Å²) in [6, 6.07) is 0. The van der Waals surface area contributed by atoms with Crippen molar-refractivity contribution in [3.63, 3.8) is 0 Å². The lowest BCUT2D eigenvalue weighted by molar-refractivity contribution is -0.143. The van der Waals surface area contributed by atoms with E-state index in [1.807, 2.05) is 0 Å². The highest BCUT2D eigenvalue weighted by Gasteiger charge is 2.28. The van der Waals surface area contributed by atoms with Crippen molar-refractivity contribution in [2.24, 2.45) is 0 Å². The molecule has 92 valence electrons. The van der Waals surface area contributed by atoms with Gasteiger partial charge in [0.2, 0.25) is 5.91 Å². The second-order valence-corrected chi connectivity index (χ2v) is 4.29. The molecule has 0 aromatic rings. The van der Waals surface area contributed by atoms with Crippen LogP contribution in [0, 0.1) is 0 Å². The average molecular weight is 231 g/mol. The molecule has 1 fully saturated rings. The van der Waals surface area contributed by atoms with Crippen molar-refractivity contribution in [2.45, 2.75) is 37.9 Å². The summed E-state index contributed by atoms with van der Waals surface area (Å²) in [5.74, 6) is -1.39. The van der Waals surface area contributed by atoms with Crippen molar-refractivity contribution in [1.29, 1.82) is 0 Å². The molecule has 1 saturated heterocycles. The Balaban J connectivity index is 2.32. The van der Waals surface area contributed by atoms with Gasteiger partial charge in [-0.05, 0) is 19.8 Å². The van der Waals surface area contributed by atoms with Gasteiger partial charge in [-0.3, -0.25) is 9.59 Å². The molecule has 6 heteroatoms. The molecule has 6 nitrogen and oxygen atoms in total. The predicted octanol–water partition coefficient (Wildman–Crippen LogP) is -0.493. The number of ether oxygens (including phenoxy) is 1. The van der Waals surface area contributed by atoms with Gasteiger partial charge in [0, 0.05) is 13.2 Å². The van der Waals surface area contributed by atoms with E-state index in [0.717, 1.165) is 6.42 Å². The number of aliphatic hydroxyl groups is 1. The summed E-state index contributed by atoms with van der Waals surface area (Å²) in [5.41, 5.74) is -1.43. The van der Waals surface area contributed by atoms with Crippen LogP contribution in [0.3, 0.4) is 0 Å². The lowest BCUT2D eigenvalue weighted by atomic mass is 10.0. The second kappa shape index (κ2) is 5.27. The molecule has 0 spiro atoms. The smallest absolute Gasteiger partial charge is 0.306 e. The molecule has 1 aliphatic heterocycles. The highest BCUT2D eigenvalue weighted by molar-refractivity contribution is 5.81. The summed E-state index contributed by atoms with van der Waals surface area (Å²) in [5, 5.41) is 20.7. The largest absolute Gasteiger partial charge is 0.481 e. The lowest BCUT2D eigenvalue weighted by Crippen LogP contribution is -2.45. The number of hydrogen-bond donors (Lipinski definition) is 3. The third-order valence-electron chi connectivity index (χ3n) is 2.40. The molecule has 0 aromatic heterocycles. The van der Waals surface area contributed by atoms with Gasteiger partial charge in [0.05, 0.1) is 12.0 Å². The van der Waals surface area contributed by atoms with E-state index in [-0.39, 0.29) is 12.5 Å². The monoisotopic (exact) mass is 231 g/mol. The van der Waals surface area contributed by atoms with E-state index in [2.05, 4.69) is 5.32 Å². The quantitative estimate of drug-likeness (QED) is 0.593. The summed E-state index contributed by atoms with van der Waals surface area (Å²) in [6.07, 6.45) is 0.663. The Morgan fingerprint density at radius 1 is 1.56 bits per heavy atom. The summed E-state index contributed by atoms with van der Waals surface area (Å²) >= 11 is 0. The van der Waals surface area contributed by atoms with E-state index in [1.54, 1.807) is 0 Å². The summed E-state index contributed by atoms with van der Waals surface area (Å²) in [6.45, 7) is 1.86. The Kier molecular flexibility index (Phi) is 4.26. The summed E-state index contributed by atoms with van der Waals surface area (Å²) < 4.78 is 5.15. The minimum atomic E-state index is -1.43. The maximum atomic E-state index is 11.5. The number of amides is 1. The van der Waals surface area contributed by atoms with Crippen LogP contribution < -0.4 is 5.32 Å². The van der Waals surface area contributed by atoms with E-state index in [4.69, 9.17) is 9.84 Å². The Bertz CT molecular complexity index is 270. The number of aliphatic carboxylic acids is 1. The number of rotatable bonds is 5. The standard InChI is InChI=1S/C10H17NO5/c1-10(15,5-8(12)13)6-11-9(14)7-3-2-4-16-7/h7,15H,2-6H2,1H3,(H,11,14)(H,12,13)/t7-,10?/m1/s1. The molecule has 0 radical (unpaired) electrons. The van der Waals surface area contributed by atoms with Crippen LogP contribution in [-0.2, 0) is 14.3 Å². The van der Waals surface area contributed by atoms with Gasteiger partial charge < -0.3 is 20.3 Å². The number of carboxylic acid groups (broad SMARTS) is 1. The number of carboxylic acids is 1. The van der Waals surface area contributed by atoms with Crippen LogP contribution in [0.25, 0.3) is 0 Å². The normalized spacial score (nSPS) is 23.8. The van der Waals surface area contributed by atoms with Crippen LogP contribution in [0.5, 0.6) is 0 Å². The molecule has 16 heavy (non-hydrogen) atoms. The van der Waals surface area contributed by atoms with E-state index in [0.29, 0.717) is 13.0 Å². The van der Waals surface area contributed by atoms with Crippen molar-refractivity contribution >= 4 is 11.9 Å². The topological polar surface area (TPSA) is 95.9 Å². The van der Waals surface area contributed by atoms with Crippen LogP contribution >= 0.6 is 0 Å². The van der Waals surface area contributed by atoms with Gasteiger partial charge in [-0.15, -0.1) is 0 Å². The van der Waals surface area contributed by atoms with Gasteiger partial charge in [-0.2, -0.15) is 0 Å². The van der Waals surface area contributed by atoms with Crippen molar-refractivity contribution in [2.75, 3.05) is 13.2 Å². The molecule has 1 heterocycles. The fourth-order valence-electron chi connectivity index (χ4n) is 1.56. The first-order valence-electron chi connectivity index (χ1n) is 5.24. The van der Waals surface area contributed by atoms with Gasteiger partial charge in [0.1, 0.15) is 6.10 Å². The van der Waals surface area contributed by atoms with E-state index in [1.165, 1.54) is 6.92 Å². The zero-order valence-electron chi connectivity index (χ0n) is 9.23. The number of carbonyl (C=O) groups excluding carboxylic acids is 1. The van der Waals surface area contributed by atoms with E-state index < -0.39 is 24.1 Å². The first-order valence-corrected chi connectivity index (χ1v) is 5.24. The molecule has 2 atom stereocenters. The number of hydrogen-bond acceptors (Lipinski definition) is 4. The molecule has 0 aromatic carbocycles. The number of carbonyl (C=O) groups is 2. The molecule has 0 saturated carbocycles. The molecule has 1 amide bonds. The van der Waals surface area contributed by atoms with Gasteiger partial charge in [-0.25, -0.2) is 0 Å². The highest BCUT2D eigenvalue weighted by atomic mass is 16.5. The maximum Gasteiger partial charge on any atom is 0.306 e. The minimum Gasteiger partial charge on any atom is -0.481 e. The summed E-state index contributed by atoms with van der Waals surface area (Å²) in [7, 11) is 0. The van der Waals surface area contributed by atoms with Crippen LogP contribution in [0.4, 0.5) is 0 Å². The molecular weight excluding hydrogens is 214 g/mol. The molecule has 3 N–H and O–H groups in total. The Morgan fingerprint density at radius 2 is 2.25 bits per heavy atom. The Morgan fingerprint density at radius 3 is 2.75 bits per heavy atom. The van der Waals surface area contributed by atoms with Crippen LogP contribution in [0.15, 0.2) is 0 Å². The van der Waals surface area contributed by atoms with Gasteiger partial charge >= 0.3 is 5.97 Å².